The minimum absolute atomic E-state index is 0.0228. The van der Waals surface area contributed by atoms with E-state index in [1.54, 1.807) is 72.1 Å². The van der Waals surface area contributed by atoms with Crippen molar-refractivity contribution in [3.8, 4) is 11.3 Å². The lowest BCUT2D eigenvalue weighted by Crippen LogP contribution is -2.30. The predicted octanol–water partition coefficient (Wildman–Crippen LogP) is 7.23. The Bertz CT molecular complexity index is 1790. The van der Waals surface area contributed by atoms with Crippen molar-refractivity contribution in [2.24, 2.45) is 0 Å². The predicted molar refractivity (Wildman–Crippen MR) is 170 cm³/mol. The van der Waals surface area contributed by atoms with Crippen LogP contribution in [0.25, 0.3) is 17.3 Å². The number of hydrogen-bond donors (Lipinski definition) is 3. The van der Waals surface area contributed by atoms with Crippen LogP contribution in [0.2, 0.25) is 0 Å². The van der Waals surface area contributed by atoms with Crippen LogP contribution in [-0.4, -0.2) is 28.5 Å². The highest BCUT2D eigenvalue weighted by molar-refractivity contribution is 8.00. The molecular formula is C33H24F2N4O3S2. The van der Waals surface area contributed by atoms with E-state index in [0.717, 1.165) is 10.5 Å². The second-order valence-electron chi connectivity index (χ2n) is 9.29. The van der Waals surface area contributed by atoms with E-state index in [0.29, 0.717) is 27.6 Å². The second-order valence-corrected chi connectivity index (χ2v) is 11.2. The first-order valence-corrected chi connectivity index (χ1v) is 15.1. The number of thioether (sulfide) groups is 1. The molecule has 0 bridgehead atoms. The molecule has 7 nitrogen and oxygen atoms in total. The molecule has 44 heavy (non-hydrogen) atoms. The molecule has 5 rings (SSSR count). The Morgan fingerprint density at radius 2 is 1.45 bits per heavy atom. The van der Waals surface area contributed by atoms with Crippen molar-refractivity contribution in [3.63, 3.8) is 0 Å². The Morgan fingerprint density at radius 1 is 0.795 bits per heavy atom. The van der Waals surface area contributed by atoms with Crippen LogP contribution in [0.1, 0.15) is 15.9 Å². The molecule has 0 spiro atoms. The third kappa shape index (κ3) is 8.46. The van der Waals surface area contributed by atoms with Gasteiger partial charge >= 0.3 is 0 Å². The van der Waals surface area contributed by atoms with Crippen molar-refractivity contribution in [1.82, 2.24) is 10.3 Å². The SMILES string of the molecule is O=C(CSc1ccc(NC(=O)/C(=C/c2ccc(F)cc2)NC(=O)c2ccccc2)cc1)Nc1nc(-c2ccc(F)cc2)cs1. The van der Waals surface area contributed by atoms with Gasteiger partial charge in [-0.1, -0.05) is 30.3 Å². The number of aromatic nitrogens is 1. The third-order valence-electron chi connectivity index (χ3n) is 6.08. The summed E-state index contributed by atoms with van der Waals surface area (Å²) in [6.45, 7) is 0. The summed E-state index contributed by atoms with van der Waals surface area (Å²) in [6.07, 6.45) is 1.46. The molecule has 220 valence electrons. The van der Waals surface area contributed by atoms with Gasteiger partial charge in [-0.3, -0.25) is 14.4 Å². The molecule has 0 fully saturated rings. The first-order valence-electron chi connectivity index (χ1n) is 13.2. The quantitative estimate of drug-likeness (QED) is 0.112. The molecule has 0 saturated carbocycles. The van der Waals surface area contributed by atoms with Gasteiger partial charge < -0.3 is 16.0 Å². The Kier molecular flexibility index (Phi) is 9.90. The molecule has 1 aromatic heterocycles. The molecule has 0 aliphatic carbocycles. The number of benzene rings is 4. The Balaban J connectivity index is 1.18. The molecule has 5 aromatic rings. The normalized spacial score (nSPS) is 11.1. The summed E-state index contributed by atoms with van der Waals surface area (Å²) in [5.41, 5.74) is 2.75. The highest BCUT2D eigenvalue weighted by Crippen LogP contribution is 2.26. The molecular weight excluding hydrogens is 603 g/mol. The fraction of sp³-hybridized carbons (Fsp3) is 0.0303. The number of carbonyl (C=O) groups is 3. The minimum atomic E-state index is -0.568. The maximum atomic E-state index is 13.4. The highest BCUT2D eigenvalue weighted by atomic mass is 32.2. The molecule has 4 aromatic carbocycles. The van der Waals surface area contributed by atoms with Crippen LogP contribution in [0.3, 0.4) is 0 Å². The van der Waals surface area contributed by atoms with Gasteiger partial charge in [0.25, 0.3) is 11.8 Å². The molecule has 0 aliphatic rings. The van der Waals surface area contributed by atoms with Gasteiger partial charge in [0.05, 0.1) is 11.4 Å². The van der Waals surface area contributed by atoms with E-state index in [-0.39, 0.29) is 23.2 Å². The Morgan fingerprint density at radius 3 is 2.14 bits per heavy atom. The van der Waals surface area contributed by atoms with E-state index < -0.39 is 17.6 Å². The average Bonchev–Trinajstić information content (AvgIpc) is 3.50. The number of nitrogens with one attached hydrogen (secondary N) is 3. The van der Waals surface area contributed by atoms with Crippen LogP contribution >= 0.6 is 23.1 Å². The van der Waals surface area contributed by atoms with Crippen molar-refractivity contribution in [1.29, 1.82) is 0 Å². The summed E-state index contributed by atoms with van der Waals surface area (Å²) in [4.78, 5) is 43.6. The van der Waals surface area contributed by atoms with E-state index in [9.17, 15) is 23.2 Å². The van der Waals surface area contributed by atoms with E-state index in [1.807, 2.05) is 0 Å². The Hall–Kier alpha value is -5.13. The summed E-state index contributed by atoms with van der Waals surface area (Å²) in [5.74, 6) is -1.90. The molecule has 3 amide bonds. The summed E-state index contributed by atoms with van der Waals surface area (Å²) in [5, 5.41) is 10.4. The molecule has 3 N–H and O–H groups in total. The number of rotatable bonds is 10. The number of nitrogens with zero attached hydrogens (tertiary/aromatic N) is 1. The number of carbonyl (C=O) groups excluding carboxylic acids is 3. The van der Waals surface area contributed by atoms with Gasteiger partial charge in [0.2, 0.25) is 5.91 Å². The van der Waals surface area contributed by atoms with Crippen molar-refractivity contribution >= 4 is 57.7 Å². The van der Waals surface area contributed by atoms with Gasteiger partial charge in [0.1, 0.15) is 17.3 Å². The maximum Gasteiger partial charge on any atom is 0.272 e. The molecule has 0 saturated heterocycles. The lowest BCUT2D eigenvalue weighted by atomic mass is 10.1. The average molecular weight is 627 g/mol. The van der Waals surface area contributed by atoms with Gasteiger partial charge in [0, 0.05) is 27.1 Å². The van der Waals surface area contributed by atoms with Crippen LogP contribution in [0, 0.1) is 11.6 Å². The van der Waals surface area contributed by atoms with Crippen molar-refractivity contribution in [3.05, 3.63) is 137 Å². The molecule has 1 heterocycles. The van der Waals surface area contributed by atoms with Crippen LogP contribution in [0.4, 0.5) is 19.6 Å². The topological polar surface area (TPSA) is 100 Å². The van der Waals surface area contributed by atoms with E-state index in [1.165, 1.54) is 65.6 Å². The van der Waals surface area contributed by atoms with Crippen LogP contribution in [0.5, 0.6) is 0 Å². The van der Waals surface area contributed by atoms with Crippen molar-refractivity contribution < 1.29 is 23.2 Å². The number of halogens is 2. The zero-order chi connectivity index (χ0) is 30.9. The third-order valence-corrected chi connectivity index (χ3v) is 7.85. The molecule has 11 heteroatoms. The standard InChI is InChI=1S/C33H24F2N4O3S2/c34-24-10-6-21(7-11-24)18-28(37-31(41)23-4-2-1-3-5-23)32(42)36-26-14-16-27(17-15-26)43-20-30(40)39-33-38-29(19-44-33)22-8-12-25(35)13-9-22/h1-19H,20H2,(H,36,42)(H,37,41)(H,38,39,40)/b28-18-. The number of amides is 3. The zero-order valence-electron chi connectivity index (χ0n) is 22.9. The van der Waals surface area contributed by atoms with Crippen LogP contribution in [-0.2, 0) is 9.59 Å². The molecule has 0 unspecified atom stereocenters. The van der Waals surface area contributed by atoms with Gasteiger partial charge in [0.15, 0.2) is 5.13 Å². The first-order chi connectivity index (χ1) is 21.3. The lowest BCUT2D eigenvalue weighted by Gasteiger charge is -2.12. The highest BCUT2D eigenvalue weighted by Gasteiger charge is 2.15. The molecule has 0 radical (unpaired) electrons. The largest absolute Gasteiger partial charge is 0.321 e. The maximum absolute atomic E-state index is 13.4. The van der Waals surface area contributed by atoms with Gasteiger partial charge in [-0.25, -0.2) is 13.8 Å². The van der Waals surface area contributed by atoms with E-state index in [2.05, 4.69) is 20.9 Å². The van der Waals surface area contributed by atoms with Crippen molar-refractivity contribution in [2.45, 2.75) is 4.90 Å². The summed E-state index contributed by atoms with van der Waals surface area (Å²) >= 11 is 2.58. The van der Waals surface area contributed by atoms with E-state index in [4.69, 9.17) is 0 Å². The van der Waals surface area contributed by atoms with Crippen LogP contribution < -0.4 is 16.0 Å². The van der Waals surface area contributed by atoms with Crippen LogP contribution in [0.15, 0.2) is 119 Å². The minimum Gasteiger partial charge on any atom is -0.321 e. The second kappa shape index (κ2) is 14.4. The van der Waals surface area contributed by atoms with E-state index >= 15 is 0 Å². The van der Waals surface area contributed by atoms with Crippen molar-refractivity contribution in [2.75, 3.05) is 16.4 Å². The fourth-order valence-electron chi connectivity index (χ4n) is 3.89. The monoisotopic (exact) mass is 626 g/mol. The Labute approximate surface area is 260 Å². The fourth-order valence-corrected chi connectivity index (χ4v) is 5.32. The van der Waals surface area contributed by atoms with Gasteiger partial charge in [-0.2, -0.15) is 0 Å². The molecule has 0 aliphatic heterocycles. The number of anilines is 2. The zero-order valence-corrected chi connectivity index (χ0v) is 24.6. The van der Waals surface area contributed by atoms with Gasteiger partial charge in [-0.15, -0.1) is 23.1 Å². The lowest BCUT2D eigenvalue weighted by molar-refractivity contribution is -0.114. The summed E-state index contributed by atoms with van der Waals surface area (Å²) in [7, 11) is 0. The van der Waals surface area contributed by atoms with Gasteiger partial charge in [-0.05, 0) is 84.4 Å². The smallest absolute Gasteiger partial charge is 0.272 e. The summed E-state index contributed by atoms with van der Waals surface area (Å²) < 4.78 is 26.6. The number of thiazole rings is 1. The molecule has 0 atom stereocenters. The first kappa shape index (κ1) is 30.3. The number of hydrogen-bond acceptors (Lipinski definition) is 6. The summed E-state index contributed by atoms with van der Waals surface area (Å²) in [6, 6.07) is 26.8.